The molecular formula is C19H28N4O3. The van der Waals surface area contributed by atoms with Crippen molar-refractivity contribution in [2.24, 2.45) is 0 Å². The lowest BCUT2D eigenvalue weighted by atomic mass is 10.2. The van der Waals surface area contributed by atoms with Crippen LogP contribution in [0, 0.1) is 13.8 Å². The lowest BCUT2D eigenvalue weighted by Crippen LogP contribution is -2.38. The van der Waals surface area contributed by atoms with Gasteiger partial charge in [-0.1, -0.05) is 13.8 Å². The molecule has 7 nitrogen and oxygen atoms in total. The standard InChI is InChI=1S/C19H28N4O3/c1-5-22(6-2)16(17-8-7-11-26-17)13-20-18(24)9-10-23-15(4)12-14(3)21-19(23)25/h7-8,11-12,16H,5-6,9-10,13H2,1-4H3,(H,20,24)/t16-/m1/s1. The lowest BCUT2D eigenvalue weighted by molar-refractivity contribution is -0.121. The minimum absolute atomic E-state index is 0.00514. The minimum atomic E-state index is -0.313. The molecule has 0 aromatic carbocycles. The van der Waals surface area contributed by atoms with Crippen LogP contribution in [0.2, 0.25) is 0 Å². The Morgan fingerprint density at radius 3 is 2.65 bits per heavy atom. The van der Waals surface area contributed by atoms with Crippen molar-refractivity contribution in [2.45, 2.75) is 46.7 Å². The summed E-state index contributed by atoms with van der Waals surface area (Å²) in [5.41, 5.74) is 1.19. The van der Waals surface area contributed by atoms with Gasteiger partial charge in [-0.3, -0.25) is 14.3 Å². The molecular weight excluding hydrogens is 332 g/mol. The summed E-state index contributed by atoms with van der Waals surface area (Å²) in [5, 5.41) is 2.96. The maximum Gasteiger partial charge on any atom is 0.347 e. The number of likely N-dealkylation sites (N-methyl/N-ethyl adjacent to an activating group) is 1. The van der Waals surface area contributed by atoms with E-state index in [1.54, 1.807) is 13.2 Å². The maximum absolute atomic E-state index is 12.3. The Morgan fingerprint density at radius 1 is 1.35 bits per heavy atom. The monoisotopic (exact) mass is 360 g/mol. The number of aromatic nitrogens is 2. The van der Waals surface area contributed by atoms with E-state index in [1.807, 2.05) is 25.1 Å². The van der Waals surface area contributed by atoms with Gasteiger partial charge < -0.3 is 9.73 Å². The molecule has 0 spiro atoms. The van der Waals surface area contributed by atoms with Crippen LogP contribution < -0.4 is 11.0 Å². The van der Waals surface area contributed by atoms with E-state index in [-0.39, 0.29) is 24.1 Å². The van der Waals surface area contributed by atoms with Gasteiger partial charge in [0, 0.05) is 30.9 Å². The van der Waals surface area contributed by atoms with Crippen LogP contribution in [0.5, 0.6) is 0 Å². The maximum atomic E-state index is 12.3. The number of nitrogens with zero attached hydrogens (tertiary/aromatic N) is 3. The van der Waals surface area contributed by atoms with E-state index in [9.17, 15) is 9.59 Å². The minimum Gasteiger partial charge on any atom is -0.468 e. The number of amides is 1. The highest BCUT2D eigenvalue weighted by atomic mass is 16.3. The Kier molecular flexibility index (Phi) is 7.15. The third-order valence-corrected chi connectivity index (χ3v) is 4.53. The Morgan fingerprint density at radius 2 is 2.08 bits per heavy atom. The molecule has 2 heterocycles. The van der Waals surface area contributed by atoms with Crippen LogP contribution in [0.15, 0.2) is 33.7 Å². The van der Waals surface area contributed by atoms with Crippen LogP contribution in [-0.2, 0) is 11.3 Å². The fourth-order valence-electron chi connectivity index (χ4n) is 3.11. The van der Waals surface area contributed by atoms with E-state index in [2.05, 4.69) is 29.0 Å². The first-order chi connectivity index (χ1) is 12.5. The van der Waals surface area contributed by atoms with E-state index < -0.39 is 0 Å². The van der Waals surface area contributed by atoms with Gasteiger partial charge in [0.25, 0.3) is 0 Å². The van der Waals surface area contributed by atoms with Crippen molar-refractivity contribution in [3.8, 4) is 0 Å². The van der Waals surface area contributed by atoms with Crippen molar-refractivity contribution in [1.29, 1.82) is 0 Å². The number of aryl methyl sites for hydroxylation is 2. The molecule has 0 aliphatic rings. The predicted octanol–water partition coefficient (Wildman–Crippen LogP) is 2.04. The third kappa shape index (κ3) is 5.05. The summed E-state index contributed by atoms with van der Waals surface area (Å²) in [6.45, 7) is 10.3. The Labute approximate surface area is 154 Å². The summed E-state index contributed by atoms with van der Waals surface area (Å²) >= 11 is 0. The number of rotatable bonds is 9. The molecule has 0 bridgehead atoms. The quantitative estimate of drug-likeness (QED) is 0.740. The van der Waals surface area contributed by atoms with Gasteiger partial charge in [0.15, 0.2) is 0 Å². The lowest BCUT2D eigenvalue weighted by Gasteiger charge is -2.28. The van der Waals surface area contributed by atoms with E-state index in [0.29, 0.717) is 18.8 Å². The molecule has 0 unspecified atom stereocenters. The molecule has 26 heavy (non-hydrogen) atoms. The average molecular weight is 360 g/mol. The number of nitrogens with one attached hydrogen (secondary N) is 1. The molecule has 0 saturated heterocycles. The molecule has 7 heteroatoms. The zero-order chi connectivity index (χ0) is 19.1. The molecule has 1 atom stereocenters. The molecule has 0 radical (unpaired) electrons. The second-order valence-electron chi connectivity index (χ2n) is 6.28. The molecule has 142 valence electrons. The first kappa shape index (κ1) is 19.9. The fourth-order valence-corrected chi connectivity index (χ4v) is 3.11. The SMILES string of the molecule is CCN(CC)[C@H](CNC(=O)CCn1c(C)cc(C)nc1=O)c1ccco1. The largest absolute Gasteiger partial charge is 0.468 e. The van der Waals surface area contributed by atoms with E-state index >= 15 is 0 Å². The van der Waals surface area contributed by atoms with Gasteiger partial charge in [-0.25, -0.2) is 4.79 Å². The second kappa shape index (κ2) is 9.33. The van der Waals surface area contributed by atoms with Crippen molar-refractivity contribution in [3.05, 3.63) is 52.1 Å². The second-order valence-corrected chi connectivity index (χ2v) is 6.28. The Bertz CT molecular complexity index is 764. The van der Waals surface area contributed by atoms with Crippen molar-refractivity contribution in [1.82, 2.24) is 19.8 Å². The molecule has 0 fully saturated rings. The highest BCUT2D eigenvalue weighted by Crippen LogP contribution is 2.20. The number of carbonyl (C=O) groups is 1. The van der Waals surface area contributed by atoms with Crippen LogP contribution >= 0.6 is 0 Å². The molecule has 0 saturated carbocycles. The highest BCUT2D eigenvalue weighted by Gasteiger charge is 2.21. The number of furan rings is 1. The van der Waals surface area contributed by atoms with Crippen molar-refractivity contribution in [2.75, 3.05) is 19.6 Å². The van der Waals surface area contributed by atoms with E-state index in [1.165, 1.54) is 4.57 Å². The Hall–Kier alpha value is -2.41. The summed E-state index contributed by atoms with van der Waals surface area (Å²) < 4.78 is 7.07. The topological polar surface area (TPSA) is 80.4 Å². The number of hydrogen-bond donors (Lipinski definition) is 1. The summed E-state index contributed by atoms with van der Waals surface area (Å²) in [6, 6.07) is 5.62. The van der Waals surface area contributed by atoms with E-state index in [4.69, 9.17) is 4.42 Å². The van der Waals surface area contributed by atoms with Gasteiger partial charge in [0.1, 0.15) is 5.76 Å². The van der Waals surface area contributed by atoms with Gasteiger partial charge in [0.05, 0.1) is 12.3 Å². The molecule has 2 aromatic rings. The van der Waals surface area contributed by atoms with Gasteiger partial charge in [-0.05, 0) is 45.1 Å². The number of hydrogen-bond acceptors (Lipinski definition) is 5. The zero-order valence-electron chi connectivity index (χ0n) is 16.0. The Balaban J connectivity index is 1.95. The zero-order valence-corrected chi connectivity index (χ0v) is 16.0. The molecule has 2 aromatic heterocycles. The van der Waals surface area contributed by atoms with Crippen molar-refractivity contribution in [3.63, 3.8) is 0 Å². The van der Waals surface area contributed by atoms with Crippen LogP contribution in [0.1, 0.15) is 43.5 Å². The summed E-state index contributed by atoms with van der Waals surface area (Å²) in [6.07, 6.45) is 1.88. The smallest absolute Gasteiger partial charge is 0.347 e. The van der Waals surface area contributed by atoms with Crippen LogP contribution in [-0.4, -0.2) is 40.0 Å². The first-order valence-corrected chi connectivity index (χ1v) is 9.05. The van der Waals surface area contributed by atoms with Crippen molar-refractivity contribution < 1.29 is 9.21 Å². The highest BCUT2D eigenvalue weighted by molar-refractivity contribution is 5.75. The van der Waals surface area contributed by atoms with Crippen LogP contribution in [0.3, 0.4) is 0 Å². The van der Waals surface area contributed by atoms with Gasteiger partial charge >= 0.3 is 5.69 Å². The summed E-state index contributed by atoms with van der Waals surface area (Å²) in [7, 11) is 0. The van der Waals surface area contributed by atoms with Crippen molar-refractivity contribution >= 4 is 5.91 Å². The van der Waals surface area contributed by atoms with Crippen LogP contribution in [0.4, 0.5) is 0 Å². The summed E-state index contributed by atoms with van der Waals surface area (Å²) in [4.78, 5) is 30.4. The fraction of sp³-hybridized carbons (Fsp3) is 0.526. The molecule has 1 N–H and O–H groups in total. The molecule has 1 amide bonds. The molecule has 0 aliphatic carbocycles. The van der Waals surface area contributed by atoms with E-state index in [0.717, 1.165) is 24.5 Å². The third-order valence-electron chi connectivity index (χ3n) is 4.53. The first-order valence-electron chi connectivity index (χ1n) is 9.05. The number of carbonyl (C=O) groups excluding carboxylic acids is 1. The average Bonchev–Trinajstić information content (AvgIpc) is 3.11. The van der Waals surface area contributed by atoms with Gasteiger partial charge in [-0.2, -0.15) is 4.98 Å². The van der Waals surface area contributed by atoms with Crippen LogP contribution in [0.25, 0.3) is 0 Å². The van der Waals surface area contributed by atoms with Gasteiger partial charge in [0.2, 0.25) is 5.91 Å². The molecule has 2 rings (SSSR count). The normalized spacial score (nSPS) is 12.3. The predicted molar refractivity (Wildman–Crippen MR) is 100.0 cm³/mol. The molecule has 0 aliphatic heterocycles. The van der Waals surface area contributed by atoms with Gasteiger partial charge in [-0.15, -0.1) is 0 Å². The summed E-state index contributed by atoms with van der Waals surface area (Å²) in [5.74, 6) is 0.740.